The summed E-state index contributed by atoms with van der Waals surface area (Å²) < 4.78 is 0. The topological polar surface area (TPSA) is 64.2 Å². The molecule has 0 bridgehead atoms. The number of benzene rings is 3. The zero-order valence-electron chi connectivity index (χ0n) is 22.2. The summed E-state index contributed by atoms with van der Waals surface area (Å²) in [5.74, 6) is 0.325. The van der Waals surface area contributed by atoms with E-state index in [9.17, 15) is 14.4 Å². The van der Waals surface area contributed by atoms with E-state index in [-0.39, 0.29) is 11.8 Å². The fourth-order valence-corrected chi connectivity index (χ4v) is 6.48. The van der Waals surface area contributed by atoms with Gasteiger partial charge >= 0.3 is 0 Å². The third-order valence-electron chi connectivity index (χ3n) is 8.59. The molecule has 3 aromatic rings. The minimum absolute atomic E-state index is 0.144. The second-order valence-corrected chi connectivity index (χ2v) is 10.8. The smallest absolute Gasteiger partial charge is 0.250 e. The van der Waals surface area contributed by atoms with E-state index < -0.39 is 5.54 Å². The Hall–Kier alpha value is -3.97. The van der Waals surface area contributed by atoms with Crippen molar-refractivity contribution >= 4 is 29.5 Å². The third kappa shape index (κ3) is 4.72. The molecule has 7 heteroatoms. The molecule has 200 valence electrons. The molecule has 1 spiro atoms. The molecule has 7 nitrogen and oxygen atoms in total. The first-order valence-electron chi connectivity index (χ1n) is 13.8. The lowest BCUT2D eigenvalue weighted by Crippen LogP contribution is -2.56. The number of fused-ring (bicyclic) bond motifs is 1. The molecular weight excluding hydrogens is 488 g/mol. The summed E-state index contributed by atoms with van der Waals surface area (Å²) in [4.78, 5) is 46.7. The Labute approximate surface area is 229 Å². The van der Waals surface area contributed by atoms with E-state index in [1.807, 2.05) is 70.5 Å². The highest BCUT2D eigenvalue weighted by Gasteiger charge is 2.53. The third-order valence-corrected chi connectivity index (χ3v) is 8.59. The lowest BCUT2D eigenvalue weighted by atomic mass is 9.85. The summed E-state index contributed by atoms with van der Waals surface area (Å²) in [6.07, 6.45) is 3.76. The lowest BCUT2D eigenvalue weighted by molar-refractivity contribution is -0.134. The van der Waals surface area contributed by atoms with Gasteiger partial charge in [-0.2, -0.15) is 0 Å². The average molecular weight is 523 g/mol. The Morgan fingerprint density at radius 1 is 0.821 bits per heavy atom. The summed E-state index contributed by atoms with van der Waals surface area (Å²) in [5.41, 5.74) is 4.14. The average Bonchev–Trinajstić information content (AvgIpc) is 3.43. The summed E-state index contributed by atoms with van der Waals surface area (Å²) in [5, 5.41) is 0. The van der Waals surface area contributed by atoms with Crippen molar-refractivity contribution in [2.75, 3.05) is 42.6 Å². The maximum atomic E-state index is 14.1. The number of piperidine rings is 1. The fraction of sp³-hybridized carbons (Fsp3) is 0.344. The van der Waals surface area contributed by atoms with Crippen LogP contribution in [0.5, 0.6) is 0 Å². The largest absolute Gasteiger partial charge is 0.339 e. The highest BCUT2D eigenvalue weighted by atomic mass is 16.2. The van der Waals surface area contributed by atoms with Gasteiger partial charge in [0.2, 0.25) is 11.8 Å². The lowest BCUT2D eigenvalue weighted by Gasteiger charge is -2.43. The first-order valence-corrected chi connectivity index (χ1v) is 13.8. The number of nitrogens with zero attached hydrogens (tertiary/aromatic N) is 4. The number of rotatable bonds is 8. The van der Waals surface area contributed by atoms with Crippen molar-refractivity contribution in [2.45, 2.75) is 37.8 Å². The molecule has 2 amide bonds. The number of para-hydroxylation sites is 2. The van der Waals surface area contributed by atoms with E-state index in [2.05, 4.69) is 21.9 Å². The quantitative estimate of drug-likeness (QED) is 0.417. The van der Waals surface area contributed by atoms with E-state index in [4.69, 9.17) is 0 Å². The van der Waals surface area contributed by atoms with Crippen molar-refractivity contribution in [1.82, 2.24) is 9.80 Å². The predicted molar refractivity (Wildman–Crippen MR) is 152 cm³/mol. The first kappa shape index (κ1) is 25.3. The second kappa shape index (κ2) is 10.7. The van der Waals surface area contributed by atoms with Crippen LogP contribution in [0, 0.1) is 0 Å². The molecule has 0 aliphatic carbocycles. The van der Waals surface area contributed by atoms with Crippen LogP contribution in [0.15, 0.2) is 78.9 Å². The number of carbonyl (C=O) groups is 3. The van der Waals surface area contributed by atoms with E-state index in [1.165, 1.54) is 0 Å². The molecule has 3 aliphatic heterocycles. The molecule has 0 aromatic heterocycles. The predicted octanol–water partition coefficient (Wildman–Crippen LogP) is 4.12. The van der Waals surface area contributed by atoms with Crippen LogP contribution in [0.1, 0.15) is 40.7 Å². The van der Waals surface area contributed by atoms with Gasteiger partial charge in [0.1, 0.15) is 11.8 Å². The number of likely N-dealkylation sites (tertiary alicyclic amines) is 1. The van der Waals surface area contributed by atoms with Crippen LogP contribution < -0.4 is 9.80 Å². The number of carbonyl (C=O) groups excluding carboxylic acids is 3. The van der Waals surface area contributed by atoms with Gasteiger partial charge in [-0.1, -0.05) is 60.7 Å². The van der Waals surface area contributed by atoms with E-state index in [1.54, 1.807) is 6.07 Å². The van der Waals surface area contributed by atoms with Crippen LogP contribution in [0.3, 0.4) is 0 Å². The summed E-state index contributed by atoms with van der Waals surface area (Å²) in [6.45, 7) is 4.21. The van der Waals surface area contributed by atoms with Gasteiger partial charge in [0, 0.05) is 43.1 Å². The van der Waals surface area contributed by atoms with Crippen LogP contribution >= 0.6 is 0 Å². The summed E-state index contributed by atoms with van der Waals surface area (Å²) >= 11 is 0. The summed E-state index contributed by atoms with van der Waals surface area (Å²) in [6, 6.07) is 25.8. The van der Waals surface area contributed by atoms with Gasteiger partial charge in [0.05, 0.1) is 13.1 Å². The van der Waals surface area contributed by atoms with E-state index in [0.29, 0.717) is 25.2 Å². The molecule has 3 aliphatic rings. The van der Waals surface area contributed by atoms with Crippen LogP contribution in [-0.4, -0.2) is 66.3 Å². The molecule has 2 saturated heterocycles. The van der Waals surface area contributed by atoms with Gasteiger partial charge in [0.15, 0.2) is 0 Å². The summed E-state index contributed by atoms with van der Waals surface area (Å²) in [7, 11) is 0. The van der Waals surface area contributed by atoms with Crippen molar-refractivity contribution < 1.29 is 14.4 Å². The number of amides is 2. The molecule has 6 rings (SSSR count). The number of aldehydes is 1. The maximum absolute atomic E-state index is 14.1. The molecule has 3 heterocycles. The minimum atomic E-state index is -0.585. The van der Waals surface area contributed by atoms with Gasteiger partial charge in [-0.05, 0) is 55.1 Å². The number of anilines is 2. The highest BCUT2D eigenvalue weighted by Crippen LogP contribution is 2.40. The van der Waals surface area contributed by atoms with Gasteiger partial charge < -0.3 is 19.6 Å². The van der Waals surface area contributed by atoms with Gasteiger partial charge in [-0.25, -0.2) is 0 Å². The van der Waals surface area contributed by atoms with Crippen molar-refractivity contribution in [1.29, 1.82) is 0 Å². The molecule has 0 N–H and O–H groups in total. The normalized spacial score (nSPS) is 18.7. The Kier molecular flexibility index (Phi) is 6.92. The standard InChI is InChI=1S/C32H34N4O3/c37-23-27-11-5-4-10-26(27)22-34-24-36(28-12-2-1-3-13-28)32(31(34)39)15-19-33(20-16-32)17-8-18-35-29-14-7-6-9-25(29)21-30(35)38/h1-7,9-14,23H,8,15-22,24H2. The van der Waals surface area contributed by atoms with Gasteiger partial charge in [-0.15, -0.1) is 0 Å². The minimum Gasteiger partial charge on any atom is -0.339 e. The van der Waals surface area contributed by atoms with Crippen LogP contribution in [0.4, 0.5) is 11.4 Å². The molecule has 0 unspecified atom stereocenters. The van der Waals surface area contributed by atoms with Crippen molar-refractivity contribution in [3.8, 4) is 0 Å². The van der Waals surface area contributed by atoms with E-state index in [0.717, 1.165) is 74.2 Å². The van der Waals surface area contributed by atoms with Crippen molar-refractivity contribution in [3.63, 3.8) is 0 Å². The zero-order chi connectivity index (χ0) is 26.8. The Morgan fingerprint density at radius 2 is 1.54 bits per heavy atom. The Bertz CT molecular complexity index is 1370. The van der Waals surface area contributed by atoms with E-state index >= 15 is 0 Å². The number of hydrogen-bond acceptors (Lipinski definition) is 5. The zero-order valence-corrected chi connectivity index (χ0v) is 22.2. The van der Waals surface area contributed by atoms with Crippen molar-refractivity contribution in [2.24, 2.45) is 0 Å². The number of hydrogen-bond donors (Lipinski definition) is 0. The maximum Gasteiger partial charge on any atom is 0.250 e. The molecule has 0 atom stereocenters. The monoisotopic (exact) mass is 522 g/mol. The molecule has 2 fully saturated rings. The highest BCUT2D eigenvalue weighted by molar-refractivity contribution is 6.01. The SMILES string of the molecule is O=Cc1ccccc1CN1CN(c2ccccc2)C2(CCN(CCCN3C(=O)Cc4ccccc43)CC2)C1=O. The molecule has 3 aromatic carbocycles. The molecule has 0 saturated carbocycles. The van der Waals surface area contributed by atoms with Gasteiger partial charge in [0.25, 0.3) is 0 Å². The Balaban J connectivity index is 1.13. The van der Waals surface area contributed by atoms with Crippen molar-refractivity contribution in [3.05, 3.63) is 95.6 Å². The second-order valence-electron chi connectivity index (χ2n) is 10.8. The Morgan fingerprint density at radius 3 is 2.33 bits per heavy atom. The first-order chi connectivity index (χ1) is 19.1. The van der Waals surface area contributed by atoms with Crippen LogP contribution in [-0.2, 0) is 22.6 Å². The fourth-order valence-electron chi connectivity index (χ4n) is 6.48. The molecular formula is C32H34N4O3. The molecule has 39 heavy (non-hydrogen) atoms. The van der Waals surface area contributed by atoms with Crippen LogP contribution in [0.2, 0.25) is 0 Å². The van der Waals surface area contributed by atoms with Crippen LogP contribution in [0.25, 0.3) is 0 Å². The van der Waals surface area contributed by atoms with Gasteiger partial charge in [-0.3, -0.25) is 14.4 Å². The molecule has 0 radical (unpaired) electrons.